The average Bonchev–Trinajstić information content (AvgIpc) is 2.81. The third-order valence-corrected chi connectivity index (χ3v) is 6.49. The van der Waals surface area contributed by atoms with Crippen molar-refractivity contribution in [1.29, 1.82) is 0 Å². The Hall–Kier alpha value is -2.37. The van der Waals surface area contributed by atoms with Crippen LogP contribution in [0.4, 0.5) is 5.69 Å². The summed E-state index contributed by atoms with van der Waals surface area (Å²) >= 11 is 0. The van der Waals surface area contributed by atoms with Crippen molar-refractivity contribution in [2.45, 2.75) is 45.3 Å². The zero-order chi connectivity index (χ0) is 20.8. The van der Waals surface area contributed by atoms with Gasteiger partial charge in [-0.2, -0.15) is 0 Å². The summed E-state index contributed by atoms with van der Waals surface area (Å²) in [4.78, 5) is 17.9. The van der Waals surface area contributed by atoms with Crippen molar-refractivity contribution in [1.82, 2.24) is 15.1 Å². The summed E-state index contributed by atoms with van der Waals surface area (Å²) in [5.41, 5.74) is 5.08. The quantitative estimate of drug-likeness (QED) is 0.741. The van der Waals surface area contributed by atoms with E-state index in [9.17, 15) is 4.79 Å². The highest BCUT2D eigenvalue weighted by Crippen LogP contribution is 2.26. The minimum absolute atomic E-state index is 0.187. The molecule has 0 atom stereocenters. The molecule has 2 heterocycles. The van der Waals surface area contributed by atoms with Gasteiger partial charge in [-0.15, -0.1) is 0 Å². The maximum absolute atomic E-state index is 13.3. The number of hydrogen-bond acceptors (Lipinski definition) is 4. The predicted molar refractivity (Wildman–Crippen MR) is 122 cm³/mol. The van der Waals surface area contributed by atoms with Crippen LogP contribution >= 0.6 is 0 Å². The van der Waals surface area contributed by atoms with Crippen LogP contribution in [0.25, 0.3) is 0 Å². The summed E-state index contributed by atoms with van der Waals surface area (Å²) in [6, 6.07) is 17.1. The van der Waals surface area contributed by atoms with Gasteiger partial charge in [-0.05, 0) is 61.7 Å². The molecule has 0 radical (unpaired) electrons. The molecule has 5 heteroatoms. The number of nitrogens with one attached hydrogen (secondary N) is 2. The van der Waals surface area contributed by atoms with Crippen molar-refractivity contribution in [3.63, 3.8) is 0 Å². The number of likely N-dealkylation sites (N-methyl/N-ethyl adjacent to an activating group) is 1. The first-order valence-corrected chi connectivity index (χ1v) is 11.4. The van der Waals surface area contributed by atoms with E-state index in [1.165, 1.54) is 16.7 Å². The first-order valence-electron chi connectivity index (χ1n) is 11.4. The number of benzene rings is 2. The van der Waals surface area contributed by atoms with Crippen LogP contribution in [0.5, 0.6) is 0 Å². The van der Waals surface area contributed by atoms with Crippen LogP contribution < -0.4 is 10.6 Å². The smallest absolute Gasteiger partial charge is 0.242 e. The van der Waals surface area contributed by atoms with Gasteiger partial charge in [0.05, 0.1) is 6.54 Å². The number of nitrogens with zero attached hydrogens (tertiary/aromatic N) is 2. The molecule has 2 aliphatic rings. The molecule has 0 saturated carbocycles. The molecule has 0 aromatic heterocycles. The van der Waals surface area contributed by atoms with Gasteiger partial charge in [0.25, 0.3) is 0 Å². The van der Waals surface area contributed by atoms with E-state index in [2.05, 4.69) is 69.8 Å². The maximum Gasteiger partial charge on any atom is 0.242 e. The Morgan fingerprint density at radius 3 is 2.70 bits per heavy atom. The molecule has 1 amide bonds. The lowest BCUT2D eigenvalue weighted by atomic mass is 9.98. The van der Waals surface area contributed by atoms with E-state index in [1.807, 2.05) is 6.07 Å². The fraction of sp³-hybridized carbons (Fsp3) is 0.480. The number of amides is 1. The Labute approximate surface area is 180 Å². The van der Waals surface area contributed by atoms with Gasteiger partial charge in [0.15, 0.2) is 0 Å². The van der Waals surface area contributed by atoms with Crippen molar-refractivity contribution >= 4 is 11.6 Å². The van der Waals surface area contributed by atoms with Crippen LogP contribution in [0.1, 0.15) is 36.5 Å². The van der Waals surface area contributed by atoms with Crippen molar-refractivity contribution in [3.8, 4) is 0 Å². The summed E-state index contributed by atoms with van der Waals surface area (Å²) in [6.45, 7) is 8.35. The topological polar surface area (TPSA) is 47.6 Å². The number of carbonyl (C=O) groups excluding carboxylic acids is 1. The van der Waals surface area contributed by atoms with E-state index in [0.717, 1.165) is 57.7 Å². The summed E-state index contributed by atoms with van der Waals surface area (Å²) in [5, 5.41) is 6.90. The number of piperidine rings is 1. The molecular formula is C25H34N4O. The van der Waals surface area contributed by atoms with Crippen molar-refractivity contribution in [2.75, 3.05) is 38.0 Å². The summed E-state index contributed by atoms with van der Waals surface area (Å²) < 4.78 is 0. The van der Waals surface area contributed by atoms with Gasteiger partial charge in [0, 0.05) is 31.4 Å². The molecular weight excluding hydrogens is 372 g/mol. The number of fused-ring (bicyclic) bond motifs is 1. The lowest BCUT2D eigenvalue weighted by Crippen LogP contribution is -2.47. The normalized spacial score (nSPS) is 17.4. The molecule has 5 nitrogen and oxygen atoms in total. The molecule has 0 aliphatic carbocycles. The molecule has 2 aromatic carbocycles. The number of hydrogen-bond donors (Lipinski definition) is 2. The Kier molecular flexibility index (Phi) is 7.03. The molecule has 1 fully saturated rings. The highest BCUT2D eigenvalue weighted by molar-refractivity contribution is 5.81. The number of rotatable bonds is 7. The Morgan fingerprint density at radius 2 is 1.93 bits per heavy atom. The Morgan fingerprint density at radius 1 is 1.13 bits per heavy atom. The van der Waals surface area contributed by atoms with Crippen molar-refractivity contribution < 1.29 is 4.79 Å². The largest absolute Gasteiger partial charge is 0.376 e. The fourth-order valence-electron chi connectivity index (χ4n) is 4.66. The van der Waals surface area contributed by atoms with Gasteiger partial charge in [-0.25, -0.2) is 0 Å². The van der Waals surface area contributed by atoms with E-state index < -0.39 is 0 Å². The van der Waals surface area contributed by atoms with Crippen molar-refractivity contribution in [3.05, 3.63) is 65.2 Å². The van der Waals surface area contributed by atoms with Gasteiger partial charge in [-0.1, -0.05) is 49.4 Å². The molecule has 0 spiro atoms. The molecule has 4 rings (SSSR count). The molecule has 2 N–H and O–H groups in total. The van der Waals surface area contributed by atoms with Crippen LogP contribution in [0, 0.1) is 0 Å². The molecule has 160 valence electrons. The summed E-state index contributed by atoms with van der Waals surface area (Å²) in [6.07, 6.45) is 3.12. The second-order valence-electron chi connectivity index (χ2n) is 8.40. The van der Waals surface area contributed by atoms with Crippen LogP contribution in [-0.4, -0.2) is 54.5 Å². The van der Waals surface area contributed by atoms with Crippen LogP contribution in [0.15, 0.2) is 48.5 Å². The van der Waals surface area contributed by atoms with Gasteiger partial charge >= 0.3 is 0 Å². The highest BCUT2D eigenvalue weighted by atomic mass is 16.2. The predicted octanol–water partition coefficient (Wildman–Crippen LogP) is 3.26. The van der Waals surface area contributed by atoms with Crippen molar-refractivity contribution in [2.24, 2.45) is 0 Å². The molecule has 0 bridgehead atoms. The third-order valence-electron chi connectivity index (χ3n) is 6.49. The highest BCUT2D eigenvalue weighted by Gasteiger charge is 2.26. The SMILES string of the molecule is CCN1CCc2cccc(NCC(=O)N(Cc3ccccc3)C3CCNCC3)c2C1. The van der Waals surface area contributed by atoms with Gasteiger partial charge in [0.1, 0.15) is 0 Å². The van der Waals surface area contributed by atoms with E-state index in [4.69, 9.17) is 0 Å². The van der Waals surface area contributed by atoms with E-state index in [-0.39, 0.29) is 5.91 Å². The van der Waals surface area contributed by atoms with Gasteiger partial charge < -0.3 is 15.5 Å². The lowest BCUT2D eigenvalue weighted by molar-refractivity contribution is -0.132. The standard InChI is InChI=1S/C25H34N4O/c1-2-28-16-13-21-9-6-10-24(23(21)19-28)27-17-25(30)29(22-11-14-26-15-12-22)18-20-7-4-3-5-8-20/h3-10,22,26-27H,2,11-19H2,1H3. The molecule has 2 aromatic rings. The third kappa shape index (κ3) is 5.02. The second kappa shape index (κ2) is 10.1. The first-order chi connectivity index (χ1) is 14.7. The average molecular weight is 407 g/mol. The van der Waals surface area contributed by atoms with Gasteiger partial charge in [-0.3, -0.25) is 9.69 Å². The Bertz CT molecular complexity index is 832. The first kappa shape index (κ1) is 20.9. The molecule has 2 aliphatic heterocycles. The minimum Gasteiger partial charge on any atom is -0.376 e. The molecule has 30 heavy (non-hydrogen) atoms. The molecule has 0 unspecified atom stereocenters. The van der Waals surface area contributed by atoms with E-state index in [1.54, 1.807) is 0 Å². The van der Waals surface area contributed by atoms with Crippen LogP contribution in [0.2, 0.25) is 0 Å². The lowest BCUT2D eigenvalue weighted by Gasteiger charge is -2.35. The monoisotopic (exact) mass is 406 g/mol. The number of carbonyl (C=O) groups is 1. The van der Waals surface area contributed by atoms with E-state index in [0.29, 0.717) is 19.1 Å². The maximum atomic E-state index is 13.3. The second-order valence-corrected chi connectivity index (χ2v) is 8.40. The minimum atomic E-state index is 0.187. The van der Waals surface area contributed by atoms with Gasteiger partial charge in [0.2, 0.25) is 5.91 Å². The summed E-state index contributed by atoms with van der Waals surface area (Å²) in [5.74, 6) is 0.187. The summed E-state index contributed by atoms with van der Waals surface area (Å²) in [7, 11) is 0. The molecule has 1 saturated heterocycles. The zero-order valence-corrected chi connectivity index (χ0v) is 18.1. The Balaban J connectivity index is 1.46. The van der Waals surface area contributed by atoms with Crippen LogP contribution in [-0.2, 0) is 24.3 Å². The van der Waals surface area contributed by atoms with Crippen LogP contribution in [0.3, 0.4) is 0 Å². The fourth-order valence-corrected chi connectivity index (χ4v) is 4.66. The zero-order valence-electron chi connectivity index (χ0n) is 18.1. The number of anilines is 1. The van der Waals surface area contributed by atoms with E-state index >= 15 is 0 Å².